The molecule has 0 saturated heterocycles. The Hall–Kier alpha value is -3.73. The van der Waals surface area contributed by atoms with Crippen molar-refractivity contribution in [1.82, 2.24) is 0 Å². The standard InChI is InChI=1S/C24H22F3NO6S/c1-15(17-4-8-20(9-5-17)34-24(25,26)27)33-19-10-6-18(7-11-19)28-23(30)14-16-3-12-21(29)22(13-16)35(2,31)32/h3-13,15,29H,14H2,1-2H3,(H,28,30). The minimum atomic E-state index is -4.76. The first-order valence-corrected chi connectivity index (χ1v) is 12.1. The number of phenolic OH excluding ortho intramolecular Hbond substituents is 1. The van der Waals surface area contributed by atoms with Gasteiger partial charge in [0.25, 0.3) is 0 Å². The minimum absolute atomic E-state index is 0.105. The number of carbonyl (C=O) groups is 1. The number of amides is 1. The fourth-order valence-electron chi connectivity index (χ4n) is 3.19. The molecule has 0 aliphatic heterocycles. The van der Waals surface area contributed by atoms with Crippen LogP contribution in [-0.4, -0.2) is 32.0 Å². The summed E-state index contributed by atoms with van der Waals surface area (Å²) in [6, 6.07) is 15.8. The summed E-state index contributed by atoms with van der Waals surface area (Å²) in [6.07, 6.45) is -4.36. The van der Waals surface area contributed by atoms with Gasteiger partial charge in [-0.1, -0.05) is 18.2 Å². The summed E-state index contributed by atoms with van der Waals surface area (Å²) in [7, 11) is -3.64. The van der Waals surface area contributed by atoms with E-state index in [1.54, 1.807) is 31.2 Å². The van der Waals surface area contributed by atoms with Crippen molar-refractivity contribution >= 4 is 21.4 Å². The molecule has 0 spiro atoms. The average Bonchev–Trinajstić information content (AvgIpc) is 2.75. The average molecular weight is 510 g/mol. The van der Waals surface area contributed by atoms with Crippen molar-refractivity contribution in [3.63, 3.8) is 0 Å². The van der Waals surface area contributed by atoms with Gasteiger partial charge in [0, 0.05) is 11.9 Å². The zero-order valence-corrected chi connectivity index (χ0v) is 19.5. The minimum Gasteiger partial charge on any atom is -0.507 e. The Balaban J connectivity index is 1.58. The highest BCUT2D eigenvalue weighted by atomic mass is 32.2. The number of hydrogen-bond acceptors (Lipinski definition) is 6. The molecule has 0 radical (unpaired) electrons. The Morgan fingerprint density at radius 2 is 1.60 bits per heavy atom. The number of carbonyl (C=O) groups excluding carboxylic acids is 1. The van der Waals surface area contributed by atoms with E-state index in [-0.39, 0.29) is 22.8 Å². The van der Waals surface area contributed by atoms with E-state index in [0.717, 1.165) is 6.26 Å². The molecule has 1 unspecified atom stereocenters. The predicted molar refractivity (Wildman–Crippen MR) is 122 cm³/mol. The molecule has 0 fully saturated rings. The van der Waals surface area contributed by atoms with E-state index in [1.807, 2.05) is 0 Å². The van der Waals surface area contributed by atoms with Gasteiger partial charge in [-0.3, -0.25) is 4.79 Å². The van der Waals surface area contributed by atoms with Crippen molar-refractivity contribution in [3.8, 4) is 17.2 Å². The van der Waals surface area contributed by atoms with Crippen LogP contribution in [0.25, 0.3) is 0 Å². The number of phenols is 1. The summed E-state index contributed by atoms with van der Waals surface area (Å²) in [6.45, 7) is 1.73. The Labute approximate surface area is 200 Å². The van der Waals surface area contributed by atoms with Crippen LogP contribution in [0.1, 0.15) is 24.2 Å². The number of nitrogens with one attached hydrogen (secondary N) is 1. The van der Waals surface area contributed by atoms with Gasteiger partial charge in [-0.05, 0) is 66.6 Å². The maximum Gasteiger partial charge on any atom is 0.573 e. The van der Waals surface area contributed by atoms with E-state index in [2.05, 4.69) is 10.1 Å². The lowest BCUT2D eigenvalue weighted by molar-refractivity contribution is -0.274. The van der Waals surface area contributed by atoms with Crippen LogP contribution in [0.2, 0.25) is 0 Å². The maximum absolute atomic E-state index is 12.4. The van der Waals surface area contributed by atoms with Crippen molar-refractivity contribution in [1.29, 1.82) is 0 Å². The molecule has 11 heteroatoms. The Morgan fingerprint density at radius 1 is 1.00 bits per heavy atom. The number of alkyl halides is 3. The zero-order valence-electron chi connectivity index (χ0n) is 18.7. The lowest BCUT2D eigenvalue weighted by Crippen LogP contribution is -2.17. The van der Waals surface area contributed by atoms with Gasteiger partial charge in [-0.25, -0.2) is 8.42 Å². The van der Waals surface area contributed by atoms with Gasteiger partial charge in [0.2, 0.25) is 5.91 Å². The molecule has 3 aromatic carbocycles. The molecule has 0 bridgehead atoms. The van der Waals surface area contributed by atoms with Crippen molar-refractivity contribution in [2.75, 3.05) is 11.6 Å². The first kappa shape index (κ1) is 25.9. The van der Waals surface area contributed by atoms with Gasteiger partial charge in [-0.2, -0.15) is 0 Å². The summed E-state index contributed by atoms with van der Waals surface area (Å²) in [4.78, 5) is 12.1. The van der Waals surface area contributed by atoms with Gasteiger partial charge in [0.05, 0.1) is 6.42 Å². The molecule has 7 nitrogen and oxygen atoms in total. The van der Waals surface area contributed by atoms with Gasteiger partial charge in [-0.15, -0.1) is 13.2 Å². The molecule has 2 N–H and O–H groups in total. The quantitative estimate of drug-likeness (QED) is 0.442. The second-order valence-corrected chi connectivity index (χ2v) is 9.68. The van der Waals surface area contributed by atoms with E-state index in [9.17, 15) is 31.5 Å². The van der Waals surface area contributed by atoms with Crippen molar-refractivity contribution in [2.45, 2.75) is 30.7 Å². The van der Waals surface area contributed by atoms with Gasteiger partial charge >= 0.3 is 6.36 Å². The number of aromatic hydroxyl groups is 1. The topological polar surface area (TPSA) is 102 Å². The Kier molecular flexibility index (Phi) is 7.59. The van der Waals surface area contributed by atoms with Crippen LogP contribution >= 0.6 is 0 Å². The molecule has 3 aromatic rings. The molecule has 0 heterocycles. The van der Waals surface area contributed by atoms with E-state index in [4.69, 9.17) is 4.74 Å². The third-order valence-corrected chi connectivity index (χ3v) is 5.95. The summed E-state index contributed by atoms with van der Waals surface area (Å²) >= 11 is 0. The zero-order chi connectivity index (χ0) is 25.8. The normalized spacial score (nSPS) is 12.6. The lowest BCUT2D eigenvalue weighted by Gasteiger charge is -2.16. The summed E-state index contributed by atoms with van der Waals surface area (Å²) in [5, 5.41) is 12.4. The van der Waals surface area contributed by atoms with E-state index in [1.165, 1.54) is 42.5 Å². The number of hydrogen-bond donors (Lipinski definition) is 2. The summed E-state index contributed by atoms with van der Waals surface area (Å²) < 4.78 is 69.9. The number of sulfone groups is 1. The van der Waals surface area contributed by atoms with E-state index < -0.39 is 28.2 Å². The predicted octanol–water partition coefficient (Wildman–Crippen LogP) is 5.02. The molecule has 186 valence electrons. The van der Waals surface area contributed by atoms with Crippen LogP contribution < -0.4 is 14.8 Å². The van der Waals surface area contributed by atoms with Crippen molar-refractivity contribution in [2.24, 2.45) is 0 Å². The maximum atomic E-state index is 12.4. The fraction of sp³-hybridized carbons (Fsp3) is 0.208. The number of halogens is 3. The highest BCUT2D eigenvalue weighted by molar-refractivity contribution is 7.90. The molecule has 1 atom stereocenters. The molecular formula is C24H22F3NO6S. The van der Waals surface area contributed by atoms with Crippen LogP contribution in [0.15, 0.2) is 71.6 Å². The fourth-order valence-corrected chi connectivity index (χ4v) is 4.00. The van der Waals surface area contributed by atoms with Crippen molar-refractivity contribution < 1.29 is 41.0 Å². The molecule has 3 rings (SSSR count). The van der Waals surface area contributed by atoms with Crippen LogP contribution in [0.3, 0.4) is 0 Å². The molecule has 0 aliphatic carbocycles. The first-order valence-electron chi connectivity index (χ1n) is 10.2. The Bertz CT molecular complexity index is 1290. The van der Waals surface area contributed by atoms with Crippen molar-refractivity contribution in [3.05, 3.63) is 77.9 Å². The number of anilines is 1. The van der Waals surface area contributed by atoms with Crippen LogP contribution in [-0.2, 0) is 21.1 Å². The number of rotatable bonds is 8. The molecule has 0 aromatic heterocycles. The molecule has 0 aliphatic rings. The highest BCUT2D eigenvalue weighted by Crippen LogP contribution is 2.28. The molecular weight excluding hydrogens is 487 g/mol. The van der Waals surface area contributed by atoms with Gasteiger partial charge in [0.15, 0.2) is 9.84 Å². The smallest absolute Gasteiger partial charge is 0.507 e. The number of benzene rings is 3. The Morgan fingerprint density at radius 3 is 2.17 bits per heavy atom. The second kappa shape index (κ2) is 10.3. The highest BCUT2D eigenvalue weighted by Gasteiger charge is 2.31. The lowest BCUT2D eigenvalue weighted by atomic mass is 10.1. The van der Waals surface area contributed by atoms with Crippen LogP contribution in [0, 0.1) is 0 Å². The van der Waals surface area contributed by atoms with E-state index in [0.29, 0.717) is 22.6 Å². The summed E-state index contributed by atoms with van der Waals surface area (Å²) in [5.41, 5.74) is 1.53. The third kappa shape index (κ3) is 7.64. The molecule has 0 saturated carbocycles. The third-order valence-electron chi connectivity index (χ3n) is 4.82. The summed E-state index contributed by atoms with van der Waals surface area (Å²) in [5.74, 6) is -0.624. The molecule has 35 heavy (non-hydrogen) atoms. The first-order chi connectivity index (χ1) is 16.3. The monoisotopic (exact) mass is 509 g/mol. The molecule has 1 amide bonds. The largest absolute Gasteiger partial charge is 0.573 e. The number of ether oxygens (including phenoxy) is 2. The van der Waals surface area contributed by atoms with Gasteiger partial charge < -0.3 is 19.9 Å². The second-order valence-electron chi connectivity index (χ2n) is 7.70. The van der Waals surface area contributed by atoms with E-state index >= 15 is 0 Å². The van der Waals surface area contributed by atoms with Crippen LogP contribution in [0.5, 0.6) is 17.2 Å². The van der Waals surface area contributed by atoms with Gasteiger partial charge in [0.1, 0.15) is 28.2 Å². The SMILES string of the molecule is CC(Oc1ccc(NC(=O)Cc2ccc(O)c(S(C)(=O)=O)c2)cc1)c1ccc(OC(F)(F)F)cc1. The van der Waals surface area contributed by atoms with Crippen LogP contribution in [0.4, 0.5) is 18.9 Å².